The molecule has 3 aromatic heterocycles. The van der Waals surface area contributed by atoms with Gasteiger partial charge >= 0.3 is 0 Å². The minimum Gasteiger partial charge on any atom is -0.279 e. The van der Waals surface area contributed by atoms with E-state index in [1.807, 2.05) is 60.0 Å². The molecule has 2 aromatic carbocycles. The molecule has 5 rings (SSSR count). The molecular weight excluding hydrogens is 468 g/mol. The Balaban J connectivity index is 1.45. The van der Waals surface area contributed by atoms with Gasteiger partial charge in [0.1, 0.15) is 0 Å². The third-order valence-electron chi connectivity index (χ3n) is 5.74. The molecule has 10 heteroatoms. The number of benzene rings is 2. The number of thioether (sulfide) groups is 1. The van der Waals surface area contributed by atoms with Crippen molar-refractivity contribution in [3.8, 4) is 0 Å². The predicted molar refractivity (Wildman–Crippen MR) is 136 cm³/mol. The zero-order chi connectivity index (χ0) is 24.0. The maximum atomic E-state index is 12.6. The number of rotatable bonds is 5. The lowest BCUT2D eigenvalue weighted by Crippen LogP contribution is -2.22. The Hall–Kier alpha value is -3.50. The molecule has 0 bridgehead atoms. The molecule has 172 valence electrons. The van der Waals surface area contributed by atoms with Gasteiger partial charge in [-0.15, -0.1) is 21.5 Å². The number of carbonyl (C=O) groups is 1. The van der Waals surface area contributed by atoms with E-state index in [9.17, 15) is 9.59 Å². The van der Waals surface area contributed by atoms with Crippen LogP contribution in [0.4, 0.5) is 10.8 Å². The first kappa shape index (κ1) is 22.3. The lowest BCUT2D eigenvalue weighted by atomic mass is 10.1. The fraction of sp³-hybridized carbons (Fsp3) is 0.208. The summed E-state index contributed by atoms with van der Waals surface area (Å²) in [5.41, 5.74) is 4.60. The summed E-state index contributed by atoms with van der Waals surface area (Å²) in [6.07, 6.45) is 0. The number of hydrogen-bond donors (Lipinski definition) is 0. The molecule has 0 spiro atoms. The first-order valence-electron chi connectivity index (χ1n) is 10.6. The highest BCUT2D eigenvalue weighted by Gasteiger charge is 2.20. The summed E-state index contributed by atoms with van der Waals surface area (Å²) in [7, 11) is 1.70. The van der Waals surface area contributed by atoms with E-state index >= 15 is 0 Å². The highest BCUT2D eigenvalue weighted by atomic mass is 32.2. The van der Waals surface area contributed by atoms with Crippen molar-refractivity contribution in [2.24, 2.45) is 7.05 Å². The van der Waals surface area contributed by atoms with Crippen LogP contribution in [0.1, 0.15) is 23.7 Å². The van der Waals surface area contributed by atoms with Crippen molar-refractivity contribution in [3.63, 3.8) is 0 Å². The summed E-state index contributed by atoms with van der Waals surface area (Å²) >= 11 is 2.92. The van der Waals surface area contributed by atoms with Crippen molar-refractivity contribution in [3.05, 3.63) is 75.0 Å². The van der Waals surface area contributed by atoms with Crippen LogP contribution in [0.25, 0.3) is 16.7 Å². The van der Waals surface area contributed by atoms with Crippen molar-refractivity contribution < 1.29 is 4.79 Å². The van der Waals surface area contributed by atoms with Crippen molar-refractivity contribution in [2.75, 3.05) is 4.90 Å². The van der Waals surface area contributed by atoms with Gasteiger partial charge in [0.2, 0.25) is 11.7 Å². The quantitative estimate of drug-likeness (QED) is 0.334. The van der Waals surface area contributed by atoms with Gasteiger partial charge in [-0.25, -0.2) is 4.98 Å². The molecule has 0 radical (unpaired) electrons. The Kier molecular flexibility index (Phi) is 5.70. The monoisotopic (exact) mass is 490 g/mol. The van der Waals surface area contributed by atoms with Crippen molar-refractivity contribution in [1.29, 1.82) is 0 Å². The summed E-state index contributed by atoms with van der Waals surface area (Å²) in [5.74, 6) is 0.947. The van der Waals surface area contributed by atoms with Gasteiger partial charge in [0.25, 0.3) is 5.56 Å². The second kappa shape index (κ2) is 8.69. The highest BCUT2D eigenvalue weighted by molar-refractivity contribution is 7.98. The molecular formula is C24H22N6O2S2. The van der Waals surface area contributed by atoms with Crippen LogP contribution >= 0.6 is 23.1 Å². The first-order chi connectivity index (χ1) is 16.3. The number of fused-ring (bicyclic) bond motifs is 3. The number of aryl methyl sites for hydroxylation is 3. The van der Waals surface area contributed by atoms with E-state index in [0.717, 1.165) is 22.5 Å². The zero-order valence-electron chi connectivity index (χ0n) is 19.1. The number of carbonyl (C=O) groups excluding carboxylic acids is 1. The van der Waals surface area contributed by atoms with Crippen molar-refractivity contribution in [2.45, 2.75) is 31.7 Å². The number of anilines is 2. The molecule has 0 aliphatic rings. The van der Waals surface area contributed by atoms with Crippen LogP contribution in [0.3, 0.4) is 0 Å². The Bertz CT molecular complexity index is 1620. The normalized spacial score (nSPS) is 11.4. The third-order valence-corrected chi connectivity index (χ3v) is 7.58. The SMILES string of the molecule is CC(=O)N(c1ccc(C)c(C)c1)c1nc(CSc2nnc3n(C)c(=O)c4ccccc4n23)cs1. The van der Waals surface area contributed by atoms with Gasteiger partial charge in [0.05, 0.1) is 22.3 Å². The molecule has 0 fully saturated rings. The minimum absolute atomic E-state index is 0.0901. The van der Waals surface area contributed by atoms with E-state index in [1.165, 1.54) is 33.2 Å². The number of hydrogen-bond acceptors (Lipinski definition) is 7. The second-order valence-electron chi connectivity index (χ2n) is 8.03. The molecule has 34 heavy (non-hydrogen) atoms. The first-order valence-corrected chi connectivity index (χ1v) is 12.5. The van der Waals surface area contributed by atoms with Gasteiger partial charge in [-0.05, 0) is 49.2 Å². The third kappa shape index (κ3) is 3.78. The van der Waals surface area contributed by atoms with Gasteiger partial charge in [-0.1, -0.05) is 30.0 Å². The van der Waals surface area contributed by atoms with Crippen LogP contribution in [0.5, 0.6) is 0 Å². The minimum atomic E-state index is -0.105. The molecule has 8 nitrogen and oxygen atoms in total. The van der Waals surface area contributed by atoms with Gasteiger partial charge in [-0.2, -0.15) is 0 Å². The Labute approximate surface area is 203 Å². The maximum Gasteiger partial charge on any atom is 0.262 e. The fourth-order valence-corrected chi connectivity index (χ4v) is 5.62. The molecule has 0 atom stereocenters. The standard InChI is InChI=1S/C24H22N6O2S2/c1-14-9-10-18(11-15(14)2)29(16(3)31)23-25-17(12-33-23)13-34-24-27-26-22-28(4)21(32)19-7-5-6-8-20(19)30(22)24/h5-12H,13H2,1-4H3. The van der Waals surface area contributed by atoms with Gasteiger partial charge in [-0.3, -0.25) is 23.5 Å². The molecule has 0 aliphatic heterocycles. The van der Waals surface area contributed by atoms with Crippen LogP contribution in [-0.2, 0) is 17.6 Å². The van der Waals surface area contributed by atoms with Crippen LogP contribution in [-0.4, -0.2) is 30.1 Å². The average Bonchev–Trinajstić information content (AvgIpc) is 3.46. The molecule has 1 amide bonds. The summed E-state index contributed by atoms with van der Waals surface area (Å²) in [5, 5.41) is 12.4. The van der Waals surface area contributed by atoms with Gasteiger partial charge < -0.3 is 0 Å². The van der Waals surface area contributed by atoms with Crippen molar-refractivity contribution >= 4 is 56.5 Å². The molecule has 0 N–H and O–H groups in total. The summed E-state index contributed by atoms with van der Waals surface area (Å²) in [4.78, 5) is 31.5. The van der Waals surface area contributed by atoms with Crippen molar-refractivity contribution in [1.82, 2.24) is 24.1 Å². The smallest absolute Gasteiger partial charge is 0.262 e. The lowest BCUT2D eigenvalue weighted by molar-refractivity contribution is -0.115. The molecule has 5 aromatic rings. The van der Waals surface area contributed by atoms with E-state index in [1.54, 1.807) is 24.9 Å². The zero-order valence-corrected chi connectivity index (χ0v) is 20.8. The second-order valence-corrected chi connectivity index (χ2v) is 9.81. The summed E-state index contributed by atoms with van der Waals surface area (Å²) in [6, 6.07) is 13.4. The van der Waals surface area contributed by atoms with Crippen LogP contribution in [0, 0.1) is 13.8 Å². The molecule has 0 unspecified atom stereocenters. The fourth-order valence-electron chi connectivity index (χ4n) is 3.80. The Morgan fingerprint density at radius 2 is 1.91 bits per heavy atom. The number of amides is 1. The molecule has 0 saturated heterocycles. The molecule has 3 heterocycles. The van der Waals surface area contributed by atoms with E-state index in [-0.39, 0.29) is 11.5 Å². The molecule has 0 aliphatic carbocycles. The van der Waals surface area contributed by atoms with Gasteiger partial charge in [0.15, 0.2) is 10.3 Å². The van der Waals surface area contributed by atoms with E-state index in [0.29, 0.717) is 27.2 Å². The van der Waals surface area contributed by atoms with E-state index in [2.05, 4.69) is 10.2 Å². The van der Waals surface area contributed by atoms with E-state index in [4.69, 9.17) is 4.98 Å². The number of aromatic nitrogens is 5. The average molecular weight is 491 g/mol. The Morgan fingerprint density at radius 3 is 2.68 bits per heavy atom. The number of thiazole rings is 1. The predicted octanol–water partition coefficient (Wildman–Crippen LogP) is 4.63. The van der Waals surface area contributed by atoms with Crippen LogP contribution in [0.2, 0.25) is 0 Å². The lowest BCUT2D eigenvalue weighted by Gasteiger charge is -2.19. The Morgan fingerprint density at radius 1 is 1.12 bits per heavy atom. The highest BCUT2D eigenvalue weighted by Crippen LogP contribution is 2.32. The topological polar surface area (TPSA) is 85.4 Å². The van der Waals surface area contributed by atoms with Gasteiger partial charge in [0, 0.05) is 25.1 Å². The maximum absolute atomic E-state index is 12.6. The van der Waals surface area contributed by atoms with E-state index < -0.39 is 0 Å². The largest absolute Gasteiger partial charge is 0.279 e. The molecule has 0 saturated carbocycles. The number of nitrogens with zero attached hydrogens (tertiary/aromatic N) is 6. The summed E-state index contributed by atoms with van der Waals surface area (Å²) < 4.78 is 3.40. The number of para-hydroxylation sites is 1. The van der Waals surface area contributed by atoms with Crippen LogP contribution < -0.4 is 10.5 Å². The summed E-state index contributed by atoms with van der Waals surface area (Å²) in [6.45, 7) is 5.62. The van der Waals surface area contributed by atoms with Crippen LogP contribution in [0.15, 0.2) is 57.8 Å².